The second kappa shape index (κ2) is 4.77. The summed E-state index contributed by atoms with van der Waals surface area (Å²) in [4.78, 5) is 0. The van der Waals surface area contributed by atoms with Crippen molar-refractivity contribution in [1.82, 2.24) is 5.32 Å². The molecular formula is C11H19NO. The SMILES string of the molecule is C1=C(CCNC2CCC2)CCOC1. The fourth-order valence-electron chi connectivity index (χ4n) is 1.84. The molecule has 0 aromatic carbocycles. The van der Waals surface area contributed by atoms with Crippen molar-refractivity contribution in [2.75, 3.05) is 19.8 Å². The Kier molecular flexibility index (Phi) is 3.39. The number of hydrogen-bond donors (Lipinski definition) is 1. The van der Waals surface area contributed by atoms with Crippen LogP contribution in [0.1, 0.15) is 32.1 Å². The third kappa shape index (κ3) is 2.82. The minimum absolute atomic E-state index is 0.832. The first-order valence-corrected chi connectivity index (χ1v) is 5.44. The molecule has 1 N–H and O–H groups in total. The minimum Gasteiger partial charge on any atom is -0.377 e. The van der Waals surface area contributed by atoms with Gasteiger partial charge >= 0.3 is 0 Å². The summed E-state index contributed by atoms with van der Waals surface area (Å²) in [6.07, 6.45) is 8.82. The van der Waals surface area contributed by atoms with E-state index < -0.39 is 0 Å². The predicted octanol–water partition coefficient (Wildman–Crippen LogP) is 1.87. The van der Waals surface area contributed by atoms with Crippen molar-refractivity contribution < 1.29 is 4.74 Å². The van der Waals surface area contributed by atoms with Crippen LogP contribution < -0.4 is 5.32 Å². The second-order valence-corrected chi connectivity index (χ2v) is 4.02. The van der Waals surface area contributed by atoms with Crippen molar-refractivity contribution >= 4 is 0 Å². The topological polar surface area (TPSA) is 21.3 Å². The van der Waals surface area contributed by atoms with Crippen molar-refractivity contribution in [1.29, 1.82) is 0 Å². The molecular weight excluding hydrogens is 162 g/mol. The number of rotatable bonds is 4. The molecule has 0 bridgehead atoms. The fraction of sp³-hybridized carbons (Fsp3) is 0.818. The molecule has 1 saturated carbocycles. The van der Waals surface area contributed by atoms with Crippen LogP contribution in [0.2, 0.25) is 0 Å². The van der Waals surface area contributed by atoms with Crippen LogP contribution in [0, 0.1) is 0 Å². The van der Waals surface area contributed by atoms with Crippen LogP contribution in [0.3, 0.4) is 0 Å². The normalized spacial score (nSPS) is 23.8. The Hall–Kier alpha value is -0.340. The van der Waals surface area contributed by atoms with Gasteiger partial charge in [0.25, 0.3) is 0 Å². The van der Waals surface area contributed by atoms with E-state index in [4.69, 9.17) is 4.74 Å². The zero-order valence-electron chi connectivity index (χ0n) is 8.22. The first kappa shape index (κ1) is 9.22. The Morgan fingerprint density at radius 2 is 2.38 bits per heavy atom. The molecule has 0 unspecified atom stereocenters. The van der Waals surface area contributed by atoms with Gasteiger partial charge in [0, 0.05) is 6.04 Å². The van der Waals surface area contributed by atoms with E-state index in [0.29, 0.717) is 0 Å². The van der Waals surface area contributed by atoms with E-state index >= 15 is 0 Å². The first-order chi connectivity index (χ1) is 6.45. The Labute approximate surface area is 80.4 Å². The maximum Gasteiger partial charge on any atom is 0.0650 e. The standard InChI is InChI=1S/C11H19NO/c1-2-11(3-1)12-7-4-10-5-8-13-9-6-10/h5,11-12H,1-4,6-9H2. The monoisotopic (exact) mass is 181 g/mol. The van der Waals surface area contributed by atoms with Gasteiger partial charge in [-0.25, -0.2) is 0 Å². The molecule has 0 amide bonds. The van der Waals surface area contributed by atoms with Gasteiger partial charge in [0.05, 0.1) is 13.2 Å². The zero-order chi connectivity index (χ0) is 8.93. The second-order valence-electron chi connectivity index (χ2n) is 4.02. The molecule has 2 nitrogen and oxygen atoms in total. The largest absolute Gasteiger partial charge is 0.377 e. The molecule has 2 aliphatic rings. The predicted molar refractivity (Wildman–Crippen MR) is 53.8 cm³/mol. The molecule has 0 aromatic heterocycles. The molecule has 0 saturated heterocycles. The van der Waals surface area contributed by atoms with E-state index in [-0.39, 0.29) is 0 Å². The van der Waals surface area contributed by atoms with E-state index in [9.17, 15) is 0 Å². The Balaban J connectivity index is 1.58. The van der Waals surface area contributed by atoms with Gasteiger partial charge in [-0.15, -0.1) is 0 Å². The number of hydrogen-bond acceptors (Lipinski definition) is 2. The van der Waals surface area contributed by atoms with Crippen LogP contribution in [0.5, 0.6) is 0 Å². The van der Waals surface area contributed by atoms with E-state index in [0.717, 1.165) is 32.2 Å². The van der Waals surface area contributed by atoms with Gasteiger partial charge < -0.3 is 10.1 Å². The van der Waals surface area contributed by atoms with Gasteiger partial charge in [-0.3, -0.25) is 0 Å². The maximum absolute atomic E-state index is 5.26. The summed E-state index contributed by atoms with van der Waals surface area (Å²) in [6, 6.07) is 0.834. The molecule has 0 atom stereocenters. The molecule has 13 heavy (non-hydrogen) atoms. The third-order valence-corrected chi connectivity index (χ3v) is 3.04. The van der Waals surface area contributed by atoms with Crippen molar-refractivity contribution in [3.8, 4) is 0 Å². The lowest BCUT2D eigenvalue weighted by Gasteiger charge is -2.27. The summed E-state index contributed by atoms with van der Waals surface area (Å²) in [6.45, 7) is 2.92. The van der Waals surface area contributed by atoms with Crippen LogP contribution in [0.15, 0.2) is 11.6 Å². The molecule has 74 valence electrons. The highest BCUT2D eigenvalue weighted by atomic mass is 16.5. The van der Waals surface area contributed by atoms with Crippen LogP contribution in [-0.2, 0) is 4.74 Å². The highest BCUT2D eigenvalue weighted by molar-refractivity contribution is 5.04. The lowest BCUT2D eigenvalue weighted by atomic mass is 9.93. The first-order valence-electron chi connectivity index (χ1n) is 5.44. The summed E-state index contributed by atoms with van der Waals surface area (Å²) in [7, 11) is 0. The van der Waals surface area contributed by atoms with Gasteiger partial charge in [0.15, 0.2) is 0 Å². The van der Waals surface area contributed by atoms with Gasteiger partial charge in [0.1, 0.15) is 0 Å². The average molecular weight is 181 g/mol. The molecule has 1 aliphatic heterocycles. The summed E-state index contributed by atoms with van der Waals surface area (Å²) >= 11 is 0. The fourth-order valence-corrected chi connectivity index (χ4v) is 1.84. The number of nitrogens with one attached hydrogen (secondary N) is 1. The average Bonchev–Trinajstić information content (AvgIpc) is 2.11. The smallest absolute Gasteiger partial charge is 0.0650 e. The van der Waals surface area contributed by atoms with Gasteiger partial charge in [0.2, 0.25) is 0 Å². The Morgan fingerprint density at radius 1 is 1.46 bits per heavy atom. The summed E-state index contributed by atoms with van der Waals surface area (Å²) in [5, 5.41) is 3.58. The van der Waals surface area contributed by atoms with Crippen molar-refractivity contribution in [3.63, 3.8) is 0 Å². The molecule has 0 aromatic rings. The van der Waals surface area contributed by atoms with Crippen LogP contribution in [-0.4, -0.2) is 25.8 Å². The van der Waals surface area contributed by atoms with Gasteiger partial charge in [-0.05, 0) is 32.2 Å². The Bertz CT molecular complexity index is 185. The molecule has 1 heterocycles. The van der Waals surface area contributed by atoms with Crippen molar-refractivity contribution in [3.05, 3.63) is 11.6 Å². The lowest BCUT2D eigenvalue weighted by Crippen LogP contribution is -2.35. The maximum atomic E-state index is 5.26. The summed E-state index contributed by atoms with van der Waals surface area (Å²) in [5.41, 5.74) is 1.58. The van der Waals surface area contributed by atoms with E-state index in [2.05, 4.69) is 11.4 Å². The van der Waals surface area contributed by atoms with E-state index in [1.165, 1.54) is 25.7 Å². The summed E-state index contributed by atoms with van der Waals surface area (Å²) in [5.74, 6) is 0. The van der Waals surface area contributed by atoms with E-state index in [1.54, 1.807) is 5.57 Å². The number of ether oxygens (including phenoxy) is 1. The lowest BCUT2D eigenvalue weighted by molar-refractivity contribution is 0.153. The molecule has 1 aliphatic carbocycles. The quantitative estimate of drug-likeness (QED) is 0.668. The zero-order valence-corrected chi connectivity index (χ0v) is 8.22. The molecule has 0 radical (unpaired) electrons. The van der Waals surface area contributed by atoms with E-state index in [1.807, 2.05) is 0 Å². The Morgan fingerprint density at radius 3 is 3.00 bits per heavy atom. The highest BCUT2D eigenvalue weighted by Crippen LogP contribution is 2.18. The molecule has 1 fully saturated rings. The van der Waals surface area contributed by atoms with Gasteiger partial charge in [-0.2, -0.15) is 0 Å². The van der Waals surface area contributed by atoms with Crippen LogP contribution in [0.4, 0.5) is 0 Å². The van der Waals surface area contributed by atoms with Crippen molar-refractivity contribution in [2.24, 2.45) is 0 Å². The highest BCUT2D eigenvalue weighted by Gasteiger charge is 2.15. The minimum atomic E-state index is 0.832. The van der Waals surface area contributed by atoms with Crippen LogP contribution >= 0.6 is 0 Å². The van der Waals surface area contributed by atoms with Crippen LogP contribution in [0.25, 0.3) is 0 Å². The molecule has 2 heteroatoms. The van der Waals surface area contributed by atoms with Gasteiger partial charge in [-0.1, -0.05) is 18.1 Å². The third-order valence-electron chi connectivity index (χ3n) is 3.04. The molecule has 0 spiro atoms. The summed E-state index contributed by atoms with van der Waals surface area (Å²) < 4.78 is 5.26. The van der Waals surface area contributed by atoms with Crippen molar-refractivity contribution in [2.45, 2.75) is 38.1 Å². The molecule has 2 rings (SSSR count).